The van der Waals surface area contributed by atoms with Crippen molar-refractivity contribution >= 4 is 11.7 Å². The zero-order valence-electron chi connectivity index (χ0n) is 24.2. The summed E-state index contributed by atoms with van der Waals surface area (Å²) in [5.41, 5.74) is 5.17. The minimum atomic E-state index is -0.363. The molecular formula is C34H41N5O. The third-order valence-corrected chi connectivity index (χ3v) is 7.72. The minimum Gasteiger partial charge on any atom is -0.354 e. The highest BCUT2D eigenvalue weighted by atomic mass is 16.2. The lowest BCUT2D eigenvalue weighted by Gasteiger charge is -2.36. The molecule has 1 saturated heterocycles. The topological polar surface area (TPSA) is 44.6 Å². The molecule has 4 aromatic rings. The highest BCUT2D eigenvalue weighted by Crippen LogP contribution is 2.32. The zero-order valence-corrected chi connectivity index (χ0v) is 24.2. The fourth-order valence-electron chi connectivity index (χ4n) is 5.64. The molecule has 0 N–H and O–H groups in total. The van der Waals surface area contributed by atoms with Gasteiger partial charge >= 0.3 is 0 Å². The summed E-state index contributed by atoms with van der Waals surface area (Å²) in [7, 11) is 2.17. The number of para-hydroxylation sites is 1. The van der Waals surface area contributed by atoms with Crippen LogP contribution in [0.5, 0.6) is 0 Å². The van der Waals surface area contributed by atoms with Crippen molar-refractivity contribution in [1.29, 1.82) is 0 Å². The van der Waals surface area contributed by atoms with E-state index in [2.05, 4.69) is 95.7 Å². The van der Waals surface area contributed by atoms with E-state index in [-0.39, 0.29) is 11.8 Å². The molecule has 1 amide bonds. The fraction of sp³-hybridized carbons (Fsp3) is 0.353. The van der Waals surface area contributed by atoms with Gasteiger partial charge in [-0.1, -0.05) is 92.7 Å². The molecule has 1 fully saturated rings. The van der Waals surface area contributed by atoms with Crippen molar-refractivity contribution in [1.82, 2.24) is 19.6 Å². The van der Waals surface area contributed by atoms with E-state index < -0.39 is 0 Å². The van der Waals surface area contributed by atoms with Gasteiger partial charge in [-0.15, -0.1) is 0 Å². The maximum absolute atomic E-state index is 14.6. The number of benzene rings is 3. The summed E-state index contributed by atoms with van der Waals surface area (Å²) in [4.78, 5) is 21.5. The Morgan fingerprint density at radius 3 is 1.88 bits per heavy atom. The summed E-state index contributed by atoms with van der Waals surface area (Å²) in [5.74, 6) is 1.20. The normalized spacial score (nSPS) is 14.2. The van der Waals surface area contributed by atoms with Gasteiger partial charge in [-0.25, -0.2) is 4.68 Å². The van der Waals surface area contributed by atoms with Crippen molar-refractivity contribution in [2.75, 3.05) is 44.7 Å². The first-order chi connectivity index (χ1) is 19.4. The summed E-state index contributed by atoms with van der Waals surface area (Å²) >= 11 is 0. The molecule has 0 aliphatic carbocycles. The molecule has 208 valence electrons. The average Bonchev–Trinajstić information content (AvgIpc) is 3.30. The number of likely N-dealkylation sites (N-methyl/N-ethyl adjacent to an activating group) is 1. The Morgan fingerprint density at radius 2 is 1.35 bits per heavy atom. The van der Waals surface area contributed by atoms with Gasteiger partial charge in [0.25, 0.3) is 0 Å². The minimum absolute atomic E-state index is 0.127. The van der Waals surface area contributed by atoms with Crippen LogP contribution in [0.25, 0.3) is 5.69 Å². The van der Waals surface area contributed by atoms with Crippen LogP contribution < -0.4 is 4.90 Å². The van der Waals surface area contributed by atoms with Gasteiger partial charge in [0, 0.05) is 38.3 Å². The Kier molecular flexibility index (Phi) is 8.66. The molecule has 1 aliphatic heterocycles. The molecule has 0 bridgehead atoms. The number of aryl methyl sites for hydroxylation is 1. The van der Waals surface area contributed by atoms with Crippen molar-refractivity contribution in [3.05, 3.63) is 113 Å². The molecule has 0 atom stereocenters. The van der Waals surface area contributed by atoms with Crippen molar-refractivity contribution in [2.24, 2.45) is 5.92 Å². The summed E-state index contributed by atoms with van der Waals surface area (Å²) in [5, 5.41) is 5.05. The maximum atomic E-state index is 14.6. The molecule has 0 radical (unpaired) electrons. The molecule has 6 heteroatoms. The van der Waals surface area contributed by atoms with Crippen LogP contribution in [0, 0.1) is 12.8 Å². The SMILES string of the molecule is Cc1nn(-c2ccccc2)c(N2CCN(C)CC2)c1CN(CC(C)C)C(=O)C(c1ccccc1)c1ccccc1. The molecule has 0 saturated carbocycles. The van der Waals surface area contributed by atoms with Gasteiger partial charge in [-0.05, 0) is 43.1 Å². The van der Waals surface area contributed by atoms with Gasteiger partial charge in [0.05, 0.1) is 23.8 Å². The Bertz CT molecular complexity index is 1340. The smallest absolute Gasteiger partial charge is 0.234 e. The quantitative estimate of drug-likeness (QED) is 0.274. The number of hydrogen-bond acceptors (Lipinski definition) is 4. The number of carbonyl (C=O) groups excluding carboxylic acids is 1. The lowest BCUT2D eigenvalue weighted by Crippen LogP contribution is -2.46. The van der Waals surface area contributed by atoms with Crippen LogP contribution in [0.1, 0.15) is 42.1 Å². The fourth-order valence-corrected chi connectivity index (χ4v) is 5.64. The second-order valence-electron chi connectivity index (χ2n) is 11.3. The first-order valence-electron chi connectivity index (χ1n) is 14.4. The van der Waals surface area contributed by atoms with Crippen LogP contribution in [0.2, 0.25) is 0 Å². The predicted octanol–water partition coefficient (Wildman–Crippen LogP) is 5.75. The highest BCUT2D eigenvalue weighted by Gasteiger charge is 2.31. The van der Waals surface area contributed by atoms with Gasteiger partial charge in [-0.2, -0.15) is 5.10 Å². The molecule has 1 aliphatic rings. The molecule has 3 aromatic carbocycles. The predicted molar refractivity (Wildman–Crippen MR) is 163 cm³/mol. The maximum Gasteiger partial charge on any atom is 0.234 e. The van der Waals surface area contributed by atoms with Gasteiger partial charge < -0.3 is 14.7 Å². The van der Waals surface area contributed by atoms with Gasteiger partial charge in [0.2, 0.25) is 5.91 Å². The van der Waals surface area contributed by atoms with Crippen LogP contribution in [0.4, 0.5) is 5.82 Å². The van der Waals surface area contributed by atoms with Crippen LogP contribution >= 0.6 is 0 Å². The monoisotopic (exact) mass is 535 g/mol. The Hall–Kier alpha value is -3.90. The number of amides is 1. The third kappa shape index (κ3) is 6.13. The lowest BCUT2D eigenvalue weighted by molar-refractivity contribution is -0.133. The Morgan fingerprint density at radius 1 is 0.825 bits per heavy atom. The molecule has 0 unspecified atom stereocenters. The number of aromatic nitrogens is 2. The van der Waals surface area contributed by atoms with E-state index in [1.807, 2.05) is 42.5 Å². The molecule has 6 nitrogen and oxygen atoms in total. The second kappa shape index (κ2) is 12.5. The average molecular weight is 536 g/mol. The molecule has 5 rings (SSSR count). The van der Waals surface area contributed by atoms with E-state index in [1.54, 1.807) is 0 Å². The van der Waals surface area contributed by atoms with Gasteiger partial charge in [0.1, 0.15) is 5.82 Å². The van der Waals surface area contributed by atoms with Crippen molar-refractivity contribution in [3.8, 4) is 5.69 Å². The first-order valence-corrected chi connectivity index (χ1v) is 14.4. The standard InChI is InChI=1S/C34H41N5O/c1-26(2)24-38(34(40)32(28-14-8-5-9-15-28)29-16-10-6-11-17-29)25-31-27(3)35-39(30-18-12-7-13-19-30)33(31)37-22-20-36(4)21-23-37/h5-19,26,32H,20-25H2,1-4H3. The van der Waals surface area contributed by atoms with Gasteiger partial charge in [0.15, 0.2) is 0 Å². The van der Waals surface area contributed by atoms with E-state index >= 15 is 0 Å². The summed E-state index contributed by atoms with van der Waals surface area (Å²) in [6.45, 7) is 11.5. The third-order valence-electron chi connectivity index (χ3n) is 7.72. The number of anilines is 1. The number of nitrogens with zero attached hydrogens (tertiary/aromatic N) is 5. The van der Waals surface area contributed by atoms with E-state index in [4.69, 9.17) is 5.10 Å². The van der Waals surface area contributed by atoms with E-state index in [1.165, 1.54) is 0 Å². The van der Waals surface area contributed by atoms with E-state index in [9.17, 15) is 4.79 Å². The molecule has 40 heavy (non-hydrogen) atoms. The van der Waals surface area contributed by atoms with Crippen molar-refractivity contribution in [2.45, 2.75) is 33.2 Å². The number of rotatable bonds is 9. The second-order valence-corrected chi connectivity index (χ2v) is 11.3. The van der Waals surface area contributed by atoms with Crippen LogP contribution in [-0.4, -0.2) is 65.3 Å². The molecular weight excluding hydrogens is 494 g/mol. The number of carbonyl (C=O) groups is 1. The largest absolute Gasteiger partial charge is 0.354 e. The Balaban J connectivity index is 1.57. The highest BCUT2D eigenvalue weighted by molar-refractivity contribution is 5.87. The molecule has 2 heterocycles. The van der Waals surface area contributed by atoms with Crippen molar-refractivity contribution < 1.29 is 4.79 Å². The summed E-state index contributed by atoms with van der Waals surface area (Å²) in [6.07, 6.45) is 0. The number of hydrogen-bond donors (Lipinski definition) is 0. The zero-order chi connectivity index (χ0) is 28.1. The lowest BCUT2D eigenvalue weighted by atomic mass is 9.89. The van der Waals surface area contributed by atoms with Crippen LogP contribution in [0.3, 0.4) is 0 Å². The van der Waals surface area contributed by atoms with Crippen LogP contribution in [-0.2, 0) is 11.3 Å². The first kappa shape index (κ1) is 27.7. The molecule has 1 aromatic heterocycles. The van der Waals surface area contributed by atoms with Crippen LogP contribution in [0.15, 0.2) is 91.0 Å². The number of piperazine rings is 1. The van der Waals surface area contributed by atoms with E-state index in [0.29, 0.717) is 19.0 Å². The van der Waals surface area contributed by atoms with E-state index in [0.717, 1.165) is 60.1 Å². The van der Waals surface area contributed by atoms with Gasteiger partial charge in [-0.3, -0.25) is 4.79 Å². The summed E-state index contributed by atoms with van der Waals surface area (Å²) < 4.78 is 2.08. The van der Waals surface area contributed by atoms with Crippen molar-refractivity contribution in [3.63, 3.8) is 0 Å². The molecule has 0 spiro atoms. The Labute approximate surface area is 238 Å². The summed E-state index contributed by atoms with van der Waals surface area (Å²) in [6, 6.07) is 30.7.